The molecule has 0 aliphatic heterocycles. The van der Waals surface area contributed by atoms with Gasteiger partial charge in [-0.15, -0.1) is 0 Å². The molecule has 8 heteroatoms. The molecule has 0 saturated carbocycles. The summed E-state index contributed by atoms with van der Waals surface area (Å²) in [5.41, 5.74) is 3.67. The number of ether oxygens (including phenoxy) is 1. The monoisotopic (exact) mass is 439 g/mol. The van der Waals surface area contributed by atoms with Gasteiger partial charge in [0.05, 0.1) is 29.9 Å². The minimum Gasteiger partial charge on any atom is -0.374 e. The van der Waals surface area contributed by atoms with Crippen molar-refractivity contribution in [2.75, 3.05) is 6.61 Å². The molecule has 0 atom stereocenters. The average molecular weight is 439 g/mol. The van der Waals surface area contributed by atoms with Gasteiger partial charge in [-0.2, -0.15) is 26.3 Å². The van der Waals surface area contributed by atoms with E-state index in [0.717, 1.165) is 6.07 Å². The third kappa shape index (κ3) is 5.26. The van der Waals surface area contributed by atoms with Crippen LogP contribution in [0.1, 0.15) is 27.8 Å². The van der Waals surface area contributed by atoms with E-state index < -0.39 is 41.2 Å². The third-order valence-electron chi connectivity index (χ3n) is 4.91. The fourth-order valence-corrected chi connectivity index (χ4v) is 3.27. The van der Waals surface area contributed by atoms with E-state index >= 15 is 0 Å². The van der Waals surface area contributed by atoms with E-state index in [9.17, 15) is 26.3 Å². The molecule has 164 valence electrons. The number of hydrogen-bond donors (Lipinski definition) is 1. The van der Waals surface area contributed by atoms with Gasteiger partial charge in [-0.05, 0) is 28.8 Å². The fraction of sp³-hybridized carbons (Fsp3) is 0.217. The lowest BCUT2D eigenvalue weighted by Crippen LogP contribution is -2.42. The molecule has 0 spiro atoms. The summed E-state index contributed by atoms with van der Waals surface area (Å²) in [5.74, 6) is 0. The van der Waals surface area contributed by atoms with Gasteiger partial charge in [0.2, 0.25) is 0 Å². The highest BCUT2D eigenvalue weighted by Gasteiger charge is 2.38. The largest absolute Gasteiger partial charge is 0.416 e. The standard InChI is InChI=1S/C23H19F6NO/c24-22(25,26)19-12-11-16(20(13-19)23(27,28)29)14-31-15-21(30,17-7-3-1-4-8-17)18-9-5-2-6-10-18/h1-13H,14-15,30H2. The van der Waals surface area contributed by atoms with Gasteiger partial charge >= 0.3 is 12.4 Å². The first-order chi connectivity index (χ1) is 14.5. The van der Waals surface area contributed by atoms with E-state index in [1.165, 1.54) is 0 Å². The SMILES string of the molecule is NC(COCc1ccc(C(F)(F)F)cc1C(F)(F)F)(c1ccccc1)c1ccccc1. The topological polar surface area (TPSA) is 35.2 Å². The molecule has 0 saturated heterocycles. The van der Waals surface area contributed by atoms with Crippen molar-refractivity contribution in [1.82, 2.24) is 0 Å². The second-order valence-corrected chi connectivity index (χ2v) is 7.06. The molecule has 0 aliphatic rings. The Morgan fingerprint density at radius 3 is 1.61 bits per heavy atom. The van der Waals surface area contributed by atoms with E-state index in [4.69, 9.17) is 10.5 Å². The van der Waals surface area contributed by atoms with E-state index in [0.29, 0.717) is 17.2 Å². The van der Waals surface area contributed by atoms with E-state index in [-0.39, 0.29) is 12.7 Å². The Morgan fingerprint density at radius 2 is 1.16 bits per heavy atom. The van der Waals surface area contributed by atoms with Crippen LogP contribution in [0.25, 0.3) is 0 Å². The first kappa shape index (κ1) is 22.8. The average Bonchev–Trinajstić information content (AvgIpc) is 2.73. The molecule has 0 heterocycles. The number of alkyl halides is 6. The summed E-state index contributed by atoms with van der Waals surface area (Å²) in [6, 6.07) is 19.3. The third-order valence-corrected chi connectivity index (χ3v) is 4.91. The molecule has 0 aliphatic carbocycles. The Hall–Kier alpha value is -2.84. The van der Waals surface area contributed by atoms with Crippen molar-refractivity contribution in [1.29, 1.82) is 0 Å². The fourth-order valence-electron chi connectivity index (χ4n) is 3.27. The molecule has 31 heavy (non-hydrogen) atoms. The molecule has 0 unspecified atom stereocenters. The van der Waals surface area contributed by atoms with Crippen LogP contribution in [-0.4, -0.2) is 6.61 Å². The van der Waals surface area contributed by atoms with Crippen LogP contribution < -0.4 is 5.73 Å². The molecule has 0 radical (unpaired) electrons. The minimum absolute atomic E-state index is 0.1000. The minimum atomic E-state index is -4.96. The second-order valence-electron chi connectivity index (χ2n) is 7.06. The van der Waals surface area contributed by atoms with Crippen molar-refractivity contribution in [3.63, 3.8) is 0 Å². The Morgan fingerprint density at radius 1 is 0.645 bits per heavy atom. The lowest BCUT2D eigenvalue weighted by atomic mass is 9.84. The van der Waals surface area contributed by atoms with E-state index in [1.807, 2.05) is 0 Å². The molecular formula is C23H19F6NO. The number of hydrogen-bond acceptors (Lipinski definition) is 2. The van der Waals surface area contributed by atoms with Crippen molar-refractivity contribution in [3.05, 3.63) is 107 Å². The number of halogens is 6. The summed E-state index contributed by atoms with van der Waals surface area (Å²) >= 11 is 0. The maximum atomic E-state index is 13.4. The highest BCUT2D eigenvalue weighted by molar-refractivity contribution is 5.38. The van der Waals surface area contributed by atoms with E-state index in [1.54, 1.807) is 60.7 Å². The van der Waals surface area contributed by atoms with Gasteiger partial charge in [-0.25, -0.2) is 0 Å². The number of rotatable bonds is 6. The molecule has 3 aromatic carbocycles. The maximum Gasteiger partial charge on any atom is 0.416 e. The summed E-state index contributed by atoms with van der Waals surface area (Å²) in [7, 11) is 0. The van der Waals surface area contributed by atoms with Crippen LogP contribution in [0, 0.1) is 0 Å². The van der Waals surface area contributed by atoms with Gasteiger partial charge in [-0.1, -0.05) is 66.7 Å². The van der Waals surface area contributed by atoms with Crippen LogP contribution >= 0.6 is 0 Å². The Labute approximate surface area is 175 Å². The summed E-state index contributed by atoms with van der Waals surface area (Å²) in [4.78, 5) is 0. The molecule has 2 N–H and O–H groups in total. The molecule has 2 nitrogen and oxygen atoms in total. The van der Waals surface area contributed by atoms with Crippen LogP contribution in [0.5, 0.6) is 0 Å². The zero-order valence-electron chi connectivity index (χ0n) is 16.2. The zero-order valence-corrected chi connectivity index (χ0v) is 16.2. The van der Waals surface area contributed by atoms with Crippen molar-refractivity contribution < 1.29 is 31.1 Å². The highest BCUT2D eigenvalue weighted by atomic mass is 19.4. The summed E-state index contributed by atoms with van der Waals surface area (Å²) in [6.45, 7) is -0.731. The second kappa shape index (κ2) is 8.72. The lowest BCUT2D eigenvalue weighted by molar-refractivity contribution is -0.143. The molecular weight excluding hydrogens is 420 g/mol. The van der Waals surface area contributed by atoms with E-state index in [2.05, 4.69) is 0 Å². The predicted octanol–water partition coefficient (Wildman–Crippen LogP) is 6.14. The Balaban J connectivity index is 1.88. The molecule has 0 amide bonds. The highest BCUT2D eigenvalue weighted by Crippen LogP contribution is 2.38. The van der Waals surface area contributed by atoms with Gasteiger partial charge in [0.1, 0.15) is 0 Å². The van der Waals surface area contributed by atoms with Crippen LogP contribution in [-0.2, 0) is 29.2 Å². The summed E-state index contributed by atoms with van der Waals surface area (Å²) in [6.07, 6.45) is -9.84. The maximum absolute atomic E-state index is 13.4. The number of benzene rings is 3. The quantitative estimate of drug-likeness (QED) is 0.468. The van der Waals surface area contributed by atoms with Crippen molar-refractivity contribution in [3.8, 4) is 0 Å². The molecule has 0 fully saturated rings. The first-order valence-corrected chi connectivity index (χ1v) is 9.27. The first-order valence-electron chi connectivity index (χ1n) is 9.27. The van der Waals surface area contributed by atoms with Gasteiger partial charge in [0.25, 0.3) is 0 Å². The molecule has 3 rings (SSSR count). The van der Waals surface area contributed by atoms with Crippen molar-refractivity contribution >= 4 is 0 Å². The van der Waals surface area contributed by atoms with Crippen LogP contribution in [0.4, 0.5) is 26.3 Å². The van der Waals surface area contributed by atoms with Crippen molar-refractivity contribution in [2.45, 2.75) is 24.5 Å². The normalized spacial score (nSPS) is 12.7. The molecule has 0 aromatic heterocycles. The smallest absolute Gasteiger partial charge is 0.374 e. The van der Waals surface area contributed by atoms with Crippen LogP contribution in [0.3, 0.4) is 0 Å². The zero-order chi connectivity index (χ0) is 22.7. The van der Waals surface area contributed by atoms with Gasteiger partial charge in [0.15, 0.2) is 0 Å². The molecule has 0 bridgehead atoms. The lowest BCUT2D eigenvalue weighted by Gasteiger charge is -2.31. The Kier molecular flexibility index (Phi) is 6.43. The number of nitrogens with two attached hydrogens (primary N) is 1. The van der Waals surface area contributed by atoms with Crippen LogP contribution in [0.15, 0.2) is 78.9 Å². The predicted molar refractivity (Wildman–Crippen MR) is 104 cm³/mol. The Bertz CT molecular complexity index is 961. The molecule has 3 aromatic rings. The van der Waals surface area contributed by atoms with Gasteiger partial charge in [0, 0.05) is 0 Å². The van der Waals surface area contributed by atoms with Gasteiger partial charge < -0.3 is 10.5 Å². The van der Waals surface area contributed by atoms with Crippen molar-refractivity contribution in [2.24, 2.45) is 5.73 Å². The van der Waals surface area contributed by atoms with Crippen LogP contribution in [0.2, 0.25) is 0 Å². The summed E-state index contributed by atoms with van der Waals surface area (Å²) < 4.78 is 84.2. The van der Waals surface area contributed by atoms with Gasteiger partial charge in [-0.3, -0.25) is 0 Å². The summed E-state index contributed by atoms with van der Waals surface area (Å²) in [5, 5.41) is 0.